The number of hydrogen-bond acceptors (Lipinski definition) is 5. The first-order valence-corrected chi connectivity index (χ1v) is 8.43. The summed E-state index contributed by atoms with van der Waals surface area (Å²) in [4.78, 5) is 24.8. The summed E-state index contributed by atoms with van der Waals surface area (Å²) in [6, 6.07) is 9.44. The Morgan fingerprint density at radius 2 is 2.08 bits per heavy atom. The van der Waals surface area contributed by atoms with E-state index in [-0.39, 0.29) is 6.03 Å². The van der Waals surface area contributed by atoms with Crippen molar-refractivity contribution in [2.45, 2.75) is 6.42 Å². The van der Waals surface area contributed by atoms with Gasteiger partial charge >= 0.3 is 6.03 Å². The fraction of sp³-hybridized carbons (Fsp3) is 0.389. The normalized spacial score (nSPS) is 14.2. The van der Waals surface area contributed by atoms with Crippen LogP contribution in [0.15, 0.2) is 42.7 Å². The van der Waals surface area contributed by atoms with E-state index in [4.69, 9.17) is 4.74 Å². The number of likely N-dealkylation sites (N-methyl/N-ethyl adjacent to an activating group) is 1. The van der Waals surface area contributed by atoms with Crippen LogP contribution in [0.3, 0.4) is 0 Å². The Kier molecular flexibility index (Phi) is 5.79. The molecule has 0 aliphatic carbocycles. The monoisotopic (exact) mass is 341 g/mol. The van der Waals surface area contributed by atoms with Gasteiger partial charge in [-0.1, -0.05) is 6.07 Å². The highest BCUT2D eigenvalue weighted by Gasteiger charge is 2.13. The largest absolute Gasteiger partial charge is 0.378 e. The molecule has 0 saturated carbocycles. The summed E-state index contributed by atoms with van der Waals surface area (Å²) >= 11 is 0. The second-order valence-electron chi connectivity index (χ2n) is 5.93. The quantitative estimate of drug-likeness (QED) is 0.901. The van der Waals surface area contributed by atoms with Crippen molar-refractivity contribution in [1.82, 2.24) is 14.9 Å². The molecular formula is C18H23N5O2. The van der Waals surface area contributed by atoms with Crippen LogP contribution < -0.4 is 10.2 Å². The van der Waals surface area contributed by atoms with E-state index in [1.54, 1.807) is 24.3 Å². The minimum atomic E-state index is -0.156. The highest BCUT2D eigenvalue weighted by molar-refractivity contribution is 5.89. The molecule has 1 aliphatic heterocycles. The van der Waals surface area contributed by atoms with Gasteiger partial charge in [0.1, 0.15) is 5.82 Å². The van der Waals surface area contributed by atoms with Gasteiger partial charge in [0.2, 0.25) is 0 Å². The van der Waals surface area contributed by atoms with E-state index < -0.39 is 0 Å². The van der Waals surface area contributed by atoms with E-state index >= 15 is 0 Å². The van der Waals surface area contributed by atoms with Gasteiger partial charge < -0.3 is 19.9 Å². The standard InChI is InChI=1S/C18H23N5O2/c1-22(9-7-15-4-2-3-8-19-15)18(24)21-16-5-6-17(20-14-16)23-10-12-25-13-11-23/h2-6,8,14H,7,9-13H2,1H3,(H,21,24). The molecule has 0 aromatic carbocycles. The smallest absolute Gasteiger partial charge is 0.321 e. The maximum absolute atomic E-state index is 12.3. The molecule has 1 N–H and O–H groups in total. The molecule has 1 aliphatic rings. The molecule has 0 spiro atoms. The zero-order valence-corrected chi connectivity index (χ0v) is 14.4. The van der Waals surface area contributed by atoms with E-state index in [1.165, 1.54) is 0 Å². The van der Waals surface area contributed by atoms with Crippen LogP contribution in [0, 0.1) is 0 Å². The van der Waals surface area contributed by atoms with Crippen molar-refractivity contribution in [1.29, 1.82) is 0 Å². The maximum atomic E-state index is 12.3. The van der Waals surface area contributed by atoms with Crippen molar-refractivity contribution in [3.63, 3.8) is 0 Å². The summed E-state index contributed by atoms with van der Waals surface area (Å²) in [5, 5.41) is 2.87. The van der Waals surface area contributed by atoms with Gasteiger partial charge in [-0.25, -0.2) is 9.78 Å². The second-order valence-corrected chi connectivity index (χ2v) is 5.93. The number of carbonyl (C=O) groups excluding carboxylic acids is 1. The number of hydrogen-bond donors (Lipinski definition) is 1. The number of ether oxygens (including phenoxy) is 1. The minimum absolute atomic E-state index is 0.156. The number of aromatic nitrogens is 2. The van der Waals surface area contributed by atoms with E-state index in [9.17, 15) is 4.79 Å². The summed E-state index contributed by atoms with van der Waals surface area (Å²) in [7, 11) is 1.77. The van der Waals surface area contributed by atoms with E-state index in [1.807, 2.05) is 30.3 Å². The number of nitrogens with zero attached hydrogens (tertiary/aromatic N) is 4. The summed E-state index contributed by atoms with van der Waals surface area (Å²) < 4.78 is 5.34. The minimum Gasteiger partial charge on any atom is -0.378 e. The second kappa shape index (κ2) is 8.43. The zero-order chi connectivity index (χ0) is 17.5. The molecule has 7 nitrogen and oxygen atoms in total. The van der Waals surface area contributed by atoms with Gasteiger partial charge in [-0.3, -0.25) is 4.98 Å². The molecule has 3 heterocycles. The zero-order valence-electron chi connectivity index (χ0n) is 14.4. The Bertz CT molecular complexity index is 672. The number of pyridine rings is 2. The number of nitrogens with one attached hydrogen (secondary N) is 1. The first-order valence-electron chi connectivity index (χ1n) is 8.43. The van der Waals surface area contributed by atoms with E-state index in [0.717, 1.165) is 44.2 Å². The summed E-state index contributed by atoms with van der Waals surface area (Å²) in [5.74, 6) is 0.907. The number of urea groups is 1. The average Bonchev–Trinajstić information content (AvgIpc) is 2.68. The lowest BCUT2D eigenvalue weighted by molar-refractivity contribution is 0.122. The van der Waals surface area contributed by atoms with Crippen molar-refractivity contribution >= 4 is 17.5 Å². The predicted octanol–water partition coefficient (Wildman–Crippen LogP) is 2.02. The number of amides is 2. The molecule has 7 heteroatoms. The lowest BCUT2D eigenvalue weighted by Crippen LogP contribution is -2.36. The molecule has 1 saturated heterocycles. The molecule has 0 radical (unpaired) electrons. The van der Waals surface area contributed by atoms with Crippen molar-refractivity contribution in [2.75, 3.05) is 50.1 Å². The van der Waals surface area contributed by atoms with Gasteiger partial charge in [-0.05, 0) is 24.3 Å². The maximum Gasteiger partial charge on any atom is 0.321 e. The Labute approximate surface area is 147 Å². The molecular weight excluding hydrogens is 318 g/mol. The Morgan fingerprint density at radius 3 is 2.76 bits per heavy atom. The molecule has 25 heavy (non-hydrogen) atoms. The summed E-state index contributed by atoms with van der Waals surface area (Å²) in [5.41, 5.74) is 1.66. The third-order valence-electron chi connectivity index (χ3n) is 4.11. The molecule has 0 unspecified atom stereocenters. The first kappa shape index (κ1) is 17.2. The fourth-order valence-corrected chi connectivity index (χ4v) is 2.59. The molecule has 3 rings (SSSR count). The Hall–Kier alpha value is -2.67. The van der Waals surface area contributed by atoms with E-state index in [0.29, 0.717) is 12.2 Å². The van der Waals surface area contributed by atoms with Crippen LogP contribution in [0.4, 0.5) is 16.3 Å². The molecule has 1 fully saturated rings. The lowest BCUT2D eigenvalue weighted by atomic mass is 10.2. The van der Waals surface area contributed by atoms with Crippen LogP contribution in [0.5, 0.6) is 0 Å². The summed E-state index contributed by atoms with van der Waals surface area (Å²) in [6.07, 6.45) is 4.17. The number of rotatable bonds is 5. The van der Waals surface area contributed by atoms with Crippen molar-refractivity contribution < 1.29 is 9.53 Å². The number of carbonyl (C=O) groups is 1. The number of morpholine rings is 1. The van der Waals surface area contributed by atoms with Crippen LogP contribution in [0.2, 0.25) is 0 Å². The van der Waals surface area contributed by atoms with Crippen molar-refractivity contribution in [2.24, 2.45) is 0 Å². The van der Waals surface area contributed by atoms with E-state index in [2.05, 4.69) is 20.2 Å². The van der Waals surface area contributed by atoms with Crippen LogP contribution in [0.25, 0.3) is 0 Å². The topological polar surface area (TPSA) is 70.6 Å². The van der Waals surface area contributed by atoms with Crippen LogP contribution >= 0.6 is 0 Å². The molecule has 2 aromatic rings. The highest BCUT2D eigenvalue weighted by Crippen LogP contribution is 2.15. The molecule has 2 aromatic heterocycles. The fourth-order valence-electron chi connectivity index (χ4n) is 2.59. The lowest BCUT2D eigenvalue weighted by Gasteiger charge is -2.27. The van der Waals surface area contributed by atoms with Gasteiger partial charge in [0.25, 0.3) is 0 Å². The summed E-state index contributed by atoms with van der Waals surface area (Å²) in [6.45, 7) is 3.73. The highest BCUT2D eigenvalue weighted by atomic mass is 16.5. The van der Waals surface area contributed by atoms with Crippen molar-refractivity contribution in [3.05, 3.63) is 48.4 Å². The molecule has 0 bridgehead atoms. The molecule has 2 amide bonds. The third kappa shape index (κ3) is 4.90. The van der Waals surface area contributed by atoms with Crippen LogP contribution in [-0.2, 0) is 11.2 Å². The number of anilines is 2. The average molecular weight is 341 g/mol. The van der Waals surface area contributed by atoms with Crippen LogP contribution in [-0.4, -0.2) is 60.8 Å². The van der Waals surface area contributed by atoms with Gasteiger partial charge in [-0.2, -0.15) is 0 Å². The SMILES string of the molecule is CN(CCc1ccccn1)C(=O)Nc1ccc(N2CCOCC2)nc1. The predicted molar refractivity (Wildman–Crippen MR) is 96.9 cm³/mol. The van der Waals surface area contributed by atoms with Gasteiger partial charge in [0.15, 0.2) is 0 Å². The molecule has 0 atom stereocenters. The van der Waals surface area contributed by atoms with Gasteiger partial charge in [0, 0.05) is 45.0 Å². The van der Waals surface area contributed by atoms with Crippen molar-refractivity contribution in [3.8, 4) is 0 Å². The van der Waals surface area contributed by atoms with Gasteiger partial charge in [0.05, 0.1) is 25.1 Å². The van der Waals surface area contributed by atoms with Crippen LogP contribution in [0.1, 0.15) is 5.69 Å². The first-order chi connectivity index (χ1) is 12.2. The Morgan fingerprint density at radius 1 is 1.24 bits per heavy atom. The Balaban J connectivity index is 1.49. The molecule has 132 valence electrons. The van der Waals surface area contributed by atoms with Gasteiger partial charge in [-0.15, -0.1) is 0 Å². The third-order valence-corrected chi connectivity index (χ3v) is 4.11.